The Bertz CT molecular complexity index is 1310. The molecule has 4 rings (SSSR count). The molecule has 0 aliphatic heterocycles. The summed E-state index contributed by atoms with van der Waals surface area (Å²) in [7, 11) is 0. The number of nitrogens with zero attached hydrogens (tertiary/aromatic N) is 3. The van der Waals surface area contributed by atoms with Gasteiger partial charge in [0.05, 0.1) is 23.4 Å². The van der Waals surface area contributed by atoms with Crippen LogP contribution in [0.2, 0.25) is 5.02 Å². The molecule has 0 fully saturated rings. The molecule has 0 aliphatic rings. The van der Waals surface area contributed by atoms with Gasteiger partial charge in [-0.15, -0.1) is 0 Å². The van der Waals surface area contributed by atoms with Crippen LogP contribution in [0.5, 0.6) is 23.5 Å². The molecule has 2 heterocycles. The lowest BCUT2D eigenvalue weighted by Gasteiger charge is -2.11. The summed E-state index contributed by atoms with van der Waals surface area (Å²) in [5.74, 6) is -0.939. The van der Waals surface area contributed by atoms with E-state index >= 15 is 0 Å². The van der Waals surface area contributed by atoms with E-state index in [-0.39, 0.29) is 36.7 Å². The van der Waals surface area contributed by atoms with Crippen LogP contribution >= 0.6 is 11.6 Å². The zero-order chi connectivity index (χ0) is 25.5. The molecular formula is C25H18ClF4N3O3. The molecule has 0 saturated carbocycles. The van der Waals surface area contributed by atoms with Gasteiger partial charge in [0.15, 0.2) is 0 Å². The van der Waals surface area contributed by atoms with E-state index in [1.165, 1.54) is 18.3 Å². The molecule has 11 heteroatoms. The van der Waals surface area contributed by atoms with Crippen LogP contribution in [0.1, 0.15) is 16.7 Å². The van der Waals surface area contributed by atoms with Gasteiger partial charge in [-0.2, -0.15) is 22.5 Å². The molecule has 2 aromatic heterocycles. The normalized spacial score (nSPS) is 11.2. The lowest BCUT2D eigenvalue weighted by Crippen LogP contribution is -2.07. The Morgan fingerprint density at radius 1 is 0.861 bits per heavy atom. The van der Waals surface area contributed by atoms with Crippen LogP contribution in [0.15, 0.2) is 73.1 Å². The zero-order valence-corrected chi connectivity index (χ0v) is 19.3. The molecule has 6 nitrogen and oxygen atoms in total. The monoisotopic (exact) mass is 519 g/mol. The van der Waals surface area contributed by atoms with Crippen LogP contribution in [-0.4, -0.2) is 21.6 Å². The van der Waals surface area contributed by atoms with E-state index in [2.05, 4.69) is 15.0 Å². The largest absolute Gasteiger partial charge is 0.475 e. The van der Waals surface area contributed by atoms with E-state index in [1.807, 2.05) is 30.3 Å². The smallest absolute Gasteiger partial charge is 0.417 e. The number of rotatable bonds is 9. The molecule has 0 spiro atoms. The molecule has 0 unspecified atom stereocenters. The predicted molar refractivity (Wildman–Crippen MR) is 123 cm³/mol. The maximum absolute atomic E-state index is 14.0. The number of pyridine rings is 1. The van der Waals surface area contributed by atoms with Gasteiger partial charge in [0.25, 0.3) is 5.88 Å². The molecule has 2 aromatic carbocycles. The van der Waals surface area contributed by atoms with Crippen molar-refractivity contribution in [1.29, 1.82) is 0 Å². The van der Waals surface area contributed by atoms with E-state index < -0.39 is 22.6 Å². The van der Waals surface area contributed by atoms with Crippen molar-refractivity contribution in [3.8, 4) is 23.5 Å². The van der Waals surface area contributed by atoms with Gasteiger partial charge >= 0.3 is 12.2 Å². The Labute approximate surface area is 208 Å². The predicted octanol–water partition coefficient (Wildman–Crippen LogP) is 6.68. The summed E-state index contributed by atoms with van der Waals surface area (Å²) in [4.78, 5) is 11.8. The highest BCUT2D eigenvalue weighted by molar-refractivity contribution is 6.31. The van der Waals surface area contributed by atoms with Gasteiger partial charge in [-0.05, 0) is 29.3 Å². The minimum absolute atomic E-state index is 0.0192. The maximum Gasteiger partial charge on any atom is 0.417 e. The standard InChI is InChI=1S/C25H18ClF4N3O3/c26-20-8-7-18(12-19(20)25(28,29)30)36-22-9-6-16(13-31-22)10-11-34-23-21(27)14-32-24(33-23)35-15-17-4-2-1-3-5-17/h1-9,12-14H,10-11,15H2. The number of aromatic nitrogens is 3. The van der Waals surface area contributed by atoms with Gasteiger partial charge in [-0.25, -0.2) is 9.97 Å². The van der Waals surface area contributed by atoms with Crippen LogP contribution in [0.25, 0.3) is 0 Å². The van der Waals surface area contributed by atoms with Crippen LogP contribution in [0.4, 0.5) is 17.6 Å². The Morgan fingerprint density at radius 2 is 1.67 bits per heavy atom. The number of alkyl halides is 3. The van der Waals surface area contributed by atoms with Crippen LogP contribution in [-0.2, 0) is 19.2 Å². The summed E-state index contributed by atoms with van der Waals surface area (Å²) in [6, 6.07) is 15.7. The summed E-state index contributed by atoms with van der Waals surface area (Å²) in [6.07, 6.45) is -1.80. The Balaban J connectivity index is 1.31. The molecule has 0 bridgehead atoms. The minimum Gasteiger partial charge on any atom is -0.475 e. The number of halogens is 5. The second kappa shape index (κ2) is 11.2. The molecule has 0 aliphatic carbocycles. The maximum atomic E-state index is 14.0. The second-order valence-electron chi connectivity index (χ2n) is 7.42. The Hall–Kier alpha value is -3.92. The quantitative estimate of drug-likeness (QED) is 0.230. The average Bonchev–Trinajstić information content (AvgIpc) is 2.86. The molecule has 0 saturated heterocycles. The van der Waals surface area contributed by atoms with Crippen molar-refractivity contribution in [1.82, 2.24) is 15.0 Å². The summed E-state index contributed by atoms with van der Waals surface area (Å²) in [6.45, 7) is 0.305. The first kappa shape index (κ1) is 25.2. The molecule has 0 amide bonds. The molecule has 0 atom stereocenters. The molecule has 0 N–H and O–H groups in total. The fraction of sp³-hybridized carbons (Fsp3) is 0.160. The Morgan fingerprint density at radius 3 is 2.39 bits per heavy atom. The van der Waals surface area contributed by atoms with Crippen molar-refractivity contribution in [3.63, 3.8) is 0 Å². The lowest BCUT2D eigenvalue weighted by molar-refractivity contribution is -0.137. The SMILES string of the molecule is Fc1cnc(OCc2ccccc2)nc1OCCc1ccc(Oc2ccc(Cl)c(C(F)(F)F)c2)nc1. The van der Waals surface area contributed by atoms with Crippen LogP contribution in [0, 0.1) is 5.82 Å². The summed E-state index contributed by atoms with van der Waals surface area (Å²) < 4.78 is 69.4. The topological polar surface area (TPSA) is 66.4 Å². The van der Waals surface area contributed by atoms with E-state index in [4.69, 9.17) is 25.8 Å². The molecular weight excluding hydrogens is 502 g/mol. The van der Waals surface area contributed by atoms with E-state index in [0.29, 0.717) is 6.42 Å². The van der Waals surface area contributed by atoms with Gasteiger partial charge < -0.3 is 14.2 Å². The third-order valence-corrected chi connectivity index (χ3v) is 5.12. The first-order valence-corrected chi connectivity index (χ1v) is 11.0. The van der Waals surface area contributed by atoms with Gasteiger partial charge in [0.1, 0.15) is 12.4 Å². The van der Waals surface area contributed by atoms with Crippen molar-refractivity contribution >= 4 is 11.6 Å². The summed E-state index contributed by atoms with van der Waals surface area (Å²) >= 11 is 5.62. The third-order valence-electron chi connectivity index (χ3n) is 4.79. The average molecular weight is 520 g/mol. The number of hydrogen-bond acceptors (Lipinski definition) is 6. The highest BCUT2D eigenvalue weighted by Gasteiger charge is 2.33. The molecule has 4 aromatic rings. The summed E-state index contributed by atoms with van der Waals surface area (Å²) in [5, 5.41) is -0.423. The third kappa shape index (κ3) is 6.82. The van der Waals surface area contributed by atoms with Crippen molar-refractivity contribution in [2.75, 3.05) is 6.61 Å². The zero-order valence-electron chi connectivity index (χ0n) is 18.5. The lowest BCUT2D eigenvalue weighted by atomic mass is 10.2. The van der Waals surface area contributed by atoms with Crippen molar-refractivity contribution in [2.24, 2.45) is 0 Å². The van der Waals surface area contributed by atoms with Crippen molar-refractivity contribution < 1.29 is 31.8 Å². The van der Waals surface area contributed by atoms with E-state index in [0.717, 1.165) is 29.5 Å². The first-order chi connectivity index (χ1) is 17.3. The fourth-order valence-corrected chi connectivity index (χ4v) is 3.24. The first-order valence-electron chi connectivity index (χ1n) is 10.6. The van der Waals surface area contributed by atoms with Gasteiger partial charge in [-0.1, -0.05) is 48.0 Å². The fourth-order valence-electron chi connectivity index (χ4n) is 3.02. The van der Waals surface area contributed by atoms with Crippen LogP contribution < -0.4 is 14.2 Å². The Kier molecular flexibility index (Phi) is 7.84. The van der Waals surface area contributed by atoms with Gasteiger partial charge in [0.2, 0.25) is 11.7 Å². The molecule has 0 radical (unpaired) electrons. The molecule has 36 heavy (non-hydrogen) atoms. The van der Waals surface area contributed by atoms with Crippen molar-refractivity contribution in [2.45, 2.75) is 19.2 Å². The minimum atomic E-state index is -4.61. The van der Waals surface area contributed by atoms with E-state index in [1.54, 1.807) is 6.07 Å². The number of benzene rings is 2. The molecule has 186 valence electrons. The van der Waals surface area contributed by atoms with E-state index in [9.17, 15) is 17.6 Å². The second-order valence-corrected chi connectivity index (χ2v) is 7.83. The van der Waals surface area contributed by atoms with Crippen LogP contribution in [0.3, 0.4) is 0 Å². The van der Waals surface area contributed by atoms with Gasteiger partial charge in [0, 0.05) is 18.7 Å². The summed E-state index contributed by atoms with van der Waals surface area (Å²) in [5.41, 5.74) is 0.634. The van der Waals surface area contributed by atoms with Gasteiger partial charge in [-0.3, -0.25) is 0 Å². The highest BCUT2D eigenvalue weighted by Crippen LogP contribution is 2.37. The van der Waals surface area contributed by atoms with Crippen molar-refractivity contribution in [3.05, 3.63) is 101 Å². The number of hydrogen-bond donors (Lipinski definition) is 0. The highest BCUT2D eigenvalue weighted by atomic mass is 35.5. The number of ether oxygens (including phenoxy) is 3.